The van der Waals surface area contributed by atoms with Crippen LogP contribution in [0.5, 0.6) is 5.75 Å². The summed E-state index contributed by atoms with van der Waals surface area (Å²) in [5.74, 6) is 0.551. The zero-order valence-corrected chi connectivity index (χ0v) is 19.9. The van der Waals surface area contributed by atoms with Gasteiger partial charge in [-0.2, -0.15) is 10.6 Å². The van der Waals surface area contributed by atoms with Crippen molar-refractivity contribution < 1.29 is 22.3 Å². The summed E-state index contributed by atoms with van der Waals surface area (Å²) in [6.07, 6.45) is 0. The topological polar surface area (TPSA) is 95.9 Å². The smallest absolute Gasteiger partial charge is 0.187 e. The summed E-state index contributed by atoms with van der Waals surface area (Å²) < 4.78 is 53.4. The van der Waals surface area contributed by atoms with Crippen LogP contribution in [0.3, 0.4) is 0 Å². The van der Waals surface area contributed by atoms with Crippen molar-refractivity contribution in [2.45, 2.75) is 28.1 Å². The molecule has 3 N–H and O–H groups in total. The van der Waals surface area contributed by atoms with Crippen molar-refractivity contribution in [3.63, 3.8) is 0 Å². The summed E-state index contributed by atoms with van der Waals surface area (Å²) in [6.45, 7) is 0.914. The summed E-state index contributed by atoms with van der Waals surface area (Å²) >= 11 is 0. The number of hydrogen-bond acceptors (Lipinski definition) is 6. The molecular formula is C23H26ClNO5S2. The molecule has 3 aromatic carbocycles. The Balaban J connectivity index is 0.00000289. The van der Waals surface area contributed by atoms with Gasteiger partial charge in [0.1, 0.15) is 11.0 Å². The zero-order chi connectivity index (χ0) is 22.1. The van der Waals surface area contributed by atoms with Crippen molar-refractivity contribution in [1.82, 2.24) is 5.32 Å². The van der Waals surface area contributed by atoms with E-state index in [0.717, 1.165) is 16.9 Å². The molecule has 4 rings (SSSR count). The molecule has 1 aliphatic rings. The van der Waals surface area contributed by atoms with E-state index in [0.29, 0.717) is 23.5 Å². The first kappa shape index (κ1) is 24.6. The van der Waals surface area contributed by atoms with Gasteiger partial charge in [-0.1, -0.05) is 48.5 Å². The number of rotatable bonds is 7. The summed E-state index contributed by atoms with van der Waals surface area (Å²) in [6, 6.07) is 21.0. The third kappa shape index (κ3) is 4.66. The molecule has 6 nitrogen and oxygen atoms in total. The van der Waals surface area contributed by atoms with Gasteiger partial charge < -0.3 is 10.1 Å². The molecule has 32 heavy (non-hydrogen) atoms. The number of sulfone groups is 1. The quantitative estimate of drug-likeness (QED) is 0.424. The van der Waals surface area contributed by atoms with Gasteiger partial charge in [-0.05, 0) is 35.4 Å². The van der Waals surface area contributed by atoms with Crippen LogP contribution in [0.1, 0.15) is 21.9 Å². The highest BCUT2D eigenvalue weighted by molar-refractivity contribution is 8.25. The molecule has 1 unspecified atom stereocenters. The lowest BCUT2D eigenvalue weighted by molar-refractivity contribution is 0.407. The molecule has 0 aliphatic carbocycles. The second kappa shape index (κ2) is 9.82. The number of benzene rings is 3. The van der Waals surface area contributed by atoms with E-state index in [1.54, 1.807) is 49.6 Å². The average Bonchev–Trinajstić information content (AvgIpc) is 3.07. The average molecular weight is 496 g/mol. The summed E-state index contributed by atoms with van der Waals surface area (Å²) in [7, 11) is -5.35. The minimum absolute atomic E-state index is 0. The molecule has 0 saturated heterocycles. The Morgan fingerprint density at radius 3 is 2.28 bits per heavy atom. The van der Waals surface area contributed by atoms with Gasteiger partial charge in [0.15, 0.2) is 9.84 Å². The van der Waals surface area contributed by atoms with Crippen molar-refractivity contribution in [1.29, 1.82) is 0 Å². The molecule has 0 saturated carbocycles. The van der Waals surface area contributed by atoms with Gasteiger partial charge in [0, 0.05) is 18.7 Å². The van der Waals surface area contributed by atoms with Crippen molar-refractivity contribution in [3.8, 4) is 5.75 Å². The number of hydrogen-bond donors (Lipinski definition) is 3. The van der Waals surface area contributed by atoms with Crippen molar-refractivity contribution in [2.75, 3.05) is 12.9 Å². The maximum absolute atomic E-state index is 13.4. The molecule has 0 radical (unpaired) electrons. The molecule has 0 bridgehead atoms. The molecule has 0 fully saturated rings. The summed E-state index contributed by atoms with van der Waals surface area (Å²) in [4.78, 5) is 0.508. The van der Waals surface area contributed by atoms with Crippen molar-refractivity contribution in [2.24, 2.45) is 0 Å². The van der Waals surface area contributed by atoms with Crippen LogP contribution in [0.4, 0.5) is 0 Å². The zero-order valence-electron chi connectivity index (χ0n) is 17.5. The Kier molecular flexibility index (Phi) is 7.54. The van der Waals surface area contributed by atoms with E-state index < -0.39 is 25.7 Å². The molecule has 1 heterocycles. The molecule has 9 heteroatoms. The van der Waals surface area contributed by atoms with Crippen LogP contribution in [0.25, 0.3) is 0 Å². The molecular weight excluding hydrogens is 470 g/mol. The number of fused-ring (bicyclic) bond motifs is 1. The first-order chi connectivity index (χ1) is 14.8. The Labute approximate surface area is 196 Å². The van der Waals surface area contributed by atoms with Crippen LogP contribution in [0.2, 0.25) is 0 Å². The third-order valence-electron chi connectivity index (χ3n) is 5.48. The van der Waals surface area contributed by atoms with Crippen LogP contribution in [0, 0.1) is 0 Å². The minimum Gasteiger partial charge on any atom is -0.496 e. The van der Waals surface area contributed by atoms with Gasteiger partial charge in [-0.3, -0.25) is 9.11 Å². The van der Waals surface area contributed by atoms with E-state index in [1.165, 1.54) is 0 Å². The Morgan fingerprint density at radius 2 is 1.56 bits per heavy atom. The number of halogens is 1. The standard InChI is InChI=1S/C23H25NO5S2.ClH/c1-29-20-12-6-5-8-17(20)14-24-15-18-9-7-13-21-23(18)22(16-30(21,25)26)31(27,28)19-10-3-2-4-11-19;/h2-13,22,24-26H,14-16H2,1H3;1H. The lowest BCUT2D eigenvalue weighted by Gasteiger charge is -2.27. The Bertz CT molecular complexity index is 1190. The Morgan fingerprint density at radius 1 is 0.938 bits per heavy atom. The highest BCUT2D eigenvalue weighted by Crippen LogP contribution is 2.62. The van der Waals surface area contributed by atoms with Gasteiger partial charge in [-0.15, -0.1) is 12.4 Å². The molecule has 3 aromatic rings. The van der Waals surface area contributed by atoms with Crippen LogP contribution in [-0.2, 0) is 22.9 Å². The minimum atomic E-state index is -3.78. The molecule has 0 spiro atoms. The fourth-order valence-corrected chi connectivity index (χ4v) is 8.48. The second-order valence-electron chi connectivity index (χ2n) is 7.42. The molecule has 0 aromatic heterocycles. The largest absolute Gasteiger partial charge is 0.496 e. The Hall–Kier alpha value is -2.07. The first-order valence-corrected chi connectivity index (χ1v) is 13.1. The van der Waals surface area contributed by atoms with Gasteiger partial charge in [-0.25, -0.2) is 8.42 Å². The highest BCUT2D eigenvalue weighted by Gasteiger charge is 2.44. The second-order valence-corrected chi connectivity index (χ2v) is 11.7. The van der Waals surface area contributed by atoms with Gasteiger partial charge in [0.05, 0.1) is 22.7 Å². The lowest BCUT2D eigenvalue weighted by Crippen LogP contribution is -2.19. The highest BCUT2D eigenvalue weighted by atomic mass is 35.5. The van der Waals surface area contributed by atoms with E-state index in [9.17, 15) is 17.5 Å². The number of para-hydroxylation sites is 1. The molecule has 0 amide bonds. The first-order valence-electron chi connectivity index (χ1n) is 9.84. The number of methoxy groups -OCH3 is 1. The van der Waals surface area contributed by atoms with E-state index in [2.05, 4.69) is 5.32 Å². The number of nitrogens with one attached hydrogen (secondary N) is 1. The van der Waals surface area contributed by atoms with E-state index >= 15 is 0 Å². The van der Waals surface area contributed by atoms with Crippen LogP contribution < -0.4 is 10.1 Å². The maximum atomic E-state index is 13.4. The third-order valence-corrected chi connectivity index (χ3v) is 9.63. The van der Waals surface area contributed by atoms with E-state index in [1.807, 2.05) is 30.3 Å². The van der Waals surface area contributed by atoms with Gasteiger partial charge >= 0.3 is 0 Å². The fraction of sp³-hybridized carbons (Fsp3) is 0.217. The maximum Gasteiger partial charge on any atom is 0.187 e. The van der Waals surface area contributed by atoms with Crippen molar-refractivity contribution >= 4 is 32.8 Å². The predicted octanol–water partition coefficient (Wildman–Crippen LogP) is 5.04. The molecule has 1 aliphatic heterocycles. The van der Waals surface area contributed by atoms with Crippen molar-refractivity contribution in [3.05, 3.63) is 89.5 Å². The molecule has 1 atom stereocenters. The SMILES string of the molecule is COc1ccccc1CNCc1cccc2c1C(S(=O)(=O)c1ccccc1)CS2(O)O.Cl. The van der Waals surface area contributed by atoms with E-state index in [4.69, 9.17) is 4.74 Å². The summed E-state index contributed by atoms with van der Waals surface area (Å²) in [5.41, 5.74) is 2.23. The molecule has 172 valence electrons. The lowest BCUT2D eigenvalue weighted by atomic mass is 10.0. The monoisotopic (exact) mass is 495 g/mol. The fourth-order valence-electron chi connectivity index (χ4n) is 3.98. The van der Waals surface area contributed by atoms with Gasteiger partial charge in [0.25, 0.3) is 0 Å². The van der Waals surface area contributed by atoms with Crippen LogP contribution in [0.15, 0.2) is 82.6 Å². The number of ether oxygens (including phenoxy) is 1. The normalized spacial score (nSPS) is 17.8. The summed E-state index contributed by atoms with van der Waals surface area (Å²) in [5, 5.41) is 2.33. The van der Waals surface area contributed by atoms with E-state index in [-0.39, 0.29) is 23.1 Å². The van der Waals surface area contributed by atoms with Gasteiger partial charge in [0.2, 0.25) is 0 Å². The van der Waals surface area contributed by atoms with Crippen LogP contribution >= 0.6 is 23.0 Å². The predicted molar refractivity (Wildman–Crippen MR) is 130 cm³/mol. The van der Waals surface area contributed by atoms with Crippen LogP contribution in [-0.4, -0.2) is 30.4 Å².